The summed E-state index contributed by atoms with van der Waals surface area (Å²) in [5, 5.41) is 0. The molecule has 1 heterocycles. The highest BCUT2D eigenvalue weighted by Gasteiger charge is 2.02. The van der Waals surface area contributed by atoms with Crippen LogP contribution in [0.1, 0.15) is 0 Å². The van der Waals surface area contributed by atoms with Crippen molar-refractivity contribution in [2.24, 2.45) is 0 Å². The van der Waals surface area contributed by atoms with Gasteiger partial charge in [0.1, 0.15) is 0 Å². The summed E-state index contributed by atoms with van der Waals surface area (Å²) in [6, 6.07) is 0. The molecular weight excluding hydrogens is 85.8 g/mol. The Labute approximate surface area is 35.2 Å². The molecule has 4 heavy (non-hydrogen) atoms. The summed E-state index contributed by atoms with van der Waals surface area (Å²) in [7, 11) is 0. The largest absolute Gasteiger partial charge is 0.243 e. The van der Waals surface area contributed by atoms with E-state index in [2.05, 4.69) is 11.7 Å². The zero-order valence-electron chi connectivity index (χ0n) is 1.97. The van der Waals surface area contributed by atoms with Gasteiger partial charge in [-0.25, -0.2) is 22.9 Å². The topological polar surface area (TPSA) is 0 Å². The molecule has 0 aromatic carbocycles. The van der Waals surface area contributed by atoms with E-state index in [1.165, 1.54) is 0 Å². The number of hydrogen-bond donors (Lipinski definition) is 0. The molecule has 0 saturated carbocycles. The first-order valence-corrected chi connectivity index (χ1v) is 2.83. The van der Waals surface area contributed by atoms with Crippen LogP contribution in [0.25, 0.3) is 0 Å². The summed E-state index contributed by atoms with van der Waals surface area (Å²) in [6.45, 7) is 0. The summed E-state index contributed by atoms with van der Waals surface area (Å²) >= 11 is 3.50. The average Bonchev–Trinajstić information content (AvgIpc) is 0.722. The van der Waals surface area contributed by atoms with E-state index in [0.717, 1.165) is 0 Å². The van der Waals surface area contributed by atoms with E-state index in [0.29, 0.717) is 0 Å². The van der Waals surface area contributed by atoms with E-state index in [-0.39, 0.29) is 0 Å². The van der Waals surface area contributed by atoms with Gasteiger partial charge in [-0.2, -0.15) is 0 Å². The summed E-state index contributed by atoms with van der Waals surface area (Å²) in [5.74, 6) is 4.17. The van der Waals surface area contributed by atoms with Gasteiger partial charge in [0.15, 0.2) is 0 Å². The Morgan fingerprint density at radius 3 is 1.25 bits per heavy atom. The van der Waals surface area contributed by atoms with Crippen molar-refractivity contribution in [3.05, 3.63) is 0 Å². The van der Waals surface area contributed by atoms with Crippen molar-refractivity contribution in [2.75, 3.05) is 0 Å². The lowest BCUT2D eigenvalue weighted by molar-refractivity contribution is 4.47. The van der Waals surface area contributed by atoms with E-state index in [1.54, 1.807) is 22.9 Å². The van der Waals surface area contributed by atoms with Gasteiger partial charge in [-0.3, -0.25) is 0 Å². The molecule has 1 aliphatic heterocycles. The molecule has 0 aliphatic carbocycles. The SMILES string of the molecule is [B]1S[B]S1. The second-order valence-electron chi connectivity index (χ2n) is 0.465. The van der Waals surface area contributed by atoms with Crippen molar-refractivity contribution in [1.29, 1.82) is 0 Å². The summed E-state index contributed by atoms with van der Waals surface area (Å²) < 4.78 is 0. The van der Waals surface area contributed by atoms with Crippen molar-refractivity contribution in [2.45, 2.75) is 0 Å². The van der Waals surface area contributed by atoms with Crippen LogP contribution in [-0.2, 0) is 0 Å². The number of rotatable bonds is 0. The summed E-state index contributed by atoms with van der Waals surface area (Å²) in [6.07, 6.45) is 0. The van der Waals surface area contributed by atoms with E-state index in [9.17, 15) is 0 Å². The van der Waals surface area contributed by atoms with Gasteiger partial charge in [-0.1, -0.05) is 0 Å². The van der Waals surface area contributed by atoms with E-state index in [4.69, 9.17) is 0 Å². The first-order chi connectivity index (χ1) is 2.00. The Bertz CT molecular complexity index is 12.0. The van der Waals surface area contributed by atoms with Crippen LogP contribution in [0.2, 0.25) is 0 Å². The maximum atomic E-state index is 2.08. The van der Waals surface area contributed by atoms with E-state index >= 15 is 0 Å². The fraction of sp³-hybridized carbons (Fsp3) is 0. The molecule has 4 heteroatoms. The Morgan fingerprint density at radius 1 is 1.00 bits per heavy atom. The fourth-order valence-electron chi connectivity index (χ4n) is 0.0556. The molecule has 0 unspecified atom stereocenters. The van der Waals surface area contributed by atoms with Crippen molar-refractivity contribution < 1.29 is 0 Å². The molecule has 0 aromatic rings. The third-order valence-electron chi connectivity index (χ3n) is 0.222. The number of hydrogen-bond acceptors (Lipinski definition) is 2. The van der Waals surface area contributed by atoms with Crippen molar-refractivity contribution >= 4 is 34.6 Å². The summed E-state index contributed by atoms with van der Waals surface area (Å²) in [4.78, 5) is 0. The average molecular weight is 85.8 g/mol. The van der Waals surface area contributed by atoms with E-state index < -0.39 is 0 Å². The Morgan fingerprint density at radius 2 is 1.25 bits per heavy atom. The molecule has 1 fully saturated rings. The predicted molar refractivity (Wildman–Crippen MR) is 26.7 cm³/mol. The van der Waals surface area contributed by atoms with Gasteiger partial charge in [-0.15, -0.1) is 0 Å². The highest BCUT2D eigenvalue weighted by atomic mass is 32.3. The van der Waals surface area contributed by atoms with Gasteiger partial charge in [0.05, 0.1) is 0 Å². The van der Waals surface area contributed by atoms with E-state index in [1.807, 2.05) is 0 Å². The van der Waals surface area contributed by atoms with Gasteiger partial charge in [0, 0.05) is 0 Å². The Hall–Kier alpha value is 0.830. The molecule has 0 spiro atoms. The molecular formula is B2S2. The normalized spacial score (nSPS) is 20.0. The third kappa shape index (κ3) is 0.406. The minimum absolute atomic E-state index is 1.75. The Balaban J connectivity index is 2.00. The lowest BCUT2D eigenvalue weighted by Gasteiger charge is -2.01. The highest BCUT2D eigenvalue weighted by molar-refractivity contribution is 8.87. The zero-order valence-corrected chi connectivity index (χ0v) is 3.60. The van der Waals surface area contributed by atoms with Gasteiger partial charge in [-0.05, 0) is 0 Å². The third-order valence-corrected chi connectivity index (χ3v) is 2.00. The molecule has 2 radical (unpaired) electrons. The van der Waals surface area contributed by atoms with Crippen molar-refractivity contribution in [3.63, 3.8) is 0 Å². The van der Waals surface area contributed by atoms with Crippen LogP contribution >= 0.6 is 22.9 Å². The zero-order chi connectivity index (χ0) is 2.83. The second-order valence-corrected chi connectivity index (χ2v) is 2.55. The molecule has 0 amide bonds. The molecule has 0 aromatic heterocycles. The molecule has 1 aliphatic rings. The predicted octanol–water partition coefficient (Wildman–Crippen LogP) is 0.535. The molecule has 18 valence electrons. The lowest BCUT2D eigenvalue weighted by atomic mass is 10.6. The van der Waals surface area contributed by atoms with Crippen LogP contribution in [0, 0.1) is 0 Å². The van der Waals surface area contributed by atoms with Crippen LogP contribution in [-0.4, -0.2) is 11.7 Å². The smallest absolute Gasteiger partial charge is 0.243 e. The molecule has 1 rings (SSSR count). The molecule has 1 saturated heterocycles. The minimum atomic E-state index is 1.75. The molecule has 0 nitrogen and oxygen atoms in total. The van der Waals surface area contributed by atoms with Crippen molar-refractivity contribution in [1.82, 2.24) is 0 Å². The minimum Gasteiger partial charge on any atom is -0.243 e. The van der Waals surface area contributed by atoms with Crippen LogP contribution in [0.5, 0.6) is 0 Å². The van der Waals surface area contributed by atoms with Gasteiger partial charge < -0.3 is 0 Å². The lowest BCUT2D eigenvalue weighted by Crippen LogP contribution is -1.93. The van der Waals surface area contributed by atoms with Gasteiger partial charge >= 0.3 is 0 Å². The summed E-state index contributed by atoms with van der Waals surface area (Å²) in [5.41, 5.74) is 0. The van der Waals surface area contributed by atoms with Crippen LogP contribution in [0.4, 0.5) is 0 Å². The molecule has 0 N–H and O–H groups in total. The van der Waals surface area contributed by atoms with Crippen LogP contribution in [0.3, 0.4) is 0 Å². The monoisotopic (exact) mass is 86.0 g/mol. The van der Waals surface area contributed by atoms with Gasteiger partial charge in [0.2, 0.25) is 11.7 Å². The Kier molecular flexibility index (Phi) is 0.998. The fourth-order valence-corrected chi connectivity index (χ4v) is 0.500. The van der Waals surface area contributed by atoms with Gasteiger partial charge in [0.25, 0.3) is 0 Å². The highest BCUT2D eigenvalue weighted by Crippen LogP contribution is 2.20. The standard InChI is InChI=1S/B2S2/c1-3-2-4-1. The first kappa shape index (κ1) is 3.04. The second kappa shape index (κ2) is 1.31. The van der Waals surface area contributed by atoms with Crippen LogP contribution < -0.4 is 0 Å². The maximum Gasteiger partial charge on any atom is 0.243 e. The maximum absolute atomic E-state index is 2.08. The molecule has 0 atom stereocenters. The van der Waals surface area contributed by atoms with Crippen molar-refractivity contribution in [3.8, 4) is 0 Å². The quantitative estimate of drug-likeness (QED) is 0.394. The first-order valence-electron chi connectivity index (χ1n) is 0.943. The van der Waals surface area contributed by atoms with Crippen LogP contribution in [0.15, 0.2) is 0 Å². The molecule has 0 bridgehead atoms.